The molecule has 118 valence electrons. The Morgan fingerprint density at radius 1 is 1.32 bits per heavy atom. The van der Waals surface area contributed by atoms with Gasteiger partial charge in [-0.15, -0.1) is 0 Å². The number of halogens is 1. The van der Waals surface area contributed by atoms with Gasteiger partial charge in [0.2, 0.25) is 0 Å². The van der Waals surface area contributed by atoms with Crippen molar-refractivity contribution < 1.29 is 14.0 Å². The predicted octanol–water partition coefficient (Wildman–Crippen LogP) is 1.64. The fraction of sp³-hybridized carbons (Fsp3) is 0.500. The van der Waals surface area contributed by atoms with E-state index in [1.165, 1.54) is 12.1 Å². The van der Waals surface area contributed by atoms with Gasteiger partial charge in [0.25, 0.3) is 5.91 Å². The number of carbonyl (C=O) groups is 2. The van der Waals surface area contributed by atoms with Crippen LogP contribution in [-0.4, -0.2) is 35.5 Å². The molecule has 2 aliphatic heterocycles. The second kappa shape index (κ2) is 5.68. The molecule has 2 saturated heterocycles. The van der Waals surface area contributed by atoms with Crippen LogP contribution < -0.4 is 10.6 Å². The number of benzene rings is 1. The first kappa shape index (κ1) is 15.0. The summed E-state index contributed by atoms with van der Waals surface area (Å²) in [7, 11) is 0. The van der Waals surface area contributed by atoms with E-state index in [2.05, 4.69) is 15.5 Å². The van der Waals surface area contributed by atoms with Gasteiger partial charge in [-0.1, -0.05) is 12.1 Å². The number of rotatable bonds is 3. The first-order valence-corrected chi connectivity index (χ1v) is 7.58. The highest BCUT2D eigenvalue weighted by Gasteiger charge is 2.48. The number of nitrogens with one attached hydrogen (secondary N) is 2. The molecule has 0 unspecified atom stereocenters. The third-order valence-electron chi connectivity index (χ3n) is 4.71. The van der Waals surface area contributed by atoms with Gasteiger partial charge in [0.1, 0.15) is 11.4 Å². The molecule has 2 heterocycles. The largest absolute Gasteiger partial charge is 0.323 e. The molecule has 0 radical (unpaired) electrons. The first-order chi connectivity index (χ1) is 10.5. The molecule has 3 rings (SSSR count). The minimum atomic E-state index is -0.835. The van der Waals surface area contributed by atoms with E-state index in [9.17, 15) is 14.0 Å². The molecule has 0 bridgehead atoms. The summed E-state index contributed by atoms with van der Waals surface area (Å²) in [5.41, 5.74) is 0.213. The molecule has 2 N–H and O–H groups in total. The normalized spacial score (nSPS) is 29.3. The van der Waals surface area contributed by atoms with E-state index in [0.717, 1.165) is 38.0 Å². The summed E-state index contributed by atoms with van der Waals surface area (Å²) in [5, 5.41) is 5.09. The Balaban J connectivity index is 1.68. The Bertz CT molecular complexity index is 590. The number of carbonyl (C=O) groups excluding carboxylic acids is 2. The van der Waals surface area contributed by atoms with Crippen molar-refractivity contribution in [2.75, 3.05) is 13.1 Å². The lowest BCUT2D eigenvalue weighted by molar-refractivity contribution is -0.126. The van der Waals surface area contributed by atoms with E-state index in [0.29, 0.717) is 0 Å². The van der Waals surface area contributed by atoms with E-state index >= 15 is 0 Å². The number of hydrogen-bond donors (Lipinski definition) is 2. The maximum Gasteiger partial charge on any atom is 0.322 e. The Morgan fingerprint density at radius 2 is 2.05 bits per heavy atom. The third kappa shape index (κ3) is 2.83. The summed E-state index contributed by atoms with van der Waals surface area (Å²) in [6, 6.07) is 6.07. The number of amides is 3. The number of nitrogens with zero attached hydrogens (tertiary/aromatic N) is 1. The lowest BCUT2D eigenvalue weighted by atomic mass is 9.80. The monoisotopic (exact) mass is 305 g/mol. The van der Waals surface area contributed by atoms with E-state index in [1.807, 2.05) is 0 Å². The molecule has 0 aromatic heterocycles. The molecule has 5 nitrogen and oxygen atoms in total. The van der Waals surface area contributed by atoms with Gasteiger partial charge in [0, 0.05) is 19.0 Å². The highest BCUT2D eigenvalue weighted by molar-refractivity contribution is 6.06. The quantitative estimate of drug-likeness (QED) is 0.835. The minimum Gasteiger partial charge on any atom is -0.323 e. The molecular weight excluding hydrogens is 285 g/mol. The highest BCUT2D eigenvalue weighted by atomic mass is 19.1. The zero-order valence-corrected chi connectivity index (χ0v) is 12.6. The van der Waals surface area contributed by atoms with Gasteiger partial charge in [-0.05, 0) is 44.0 Å². The van der Waals surface area contributed by atoms with Crippen molar-refractivity contribution in [3.63, 3.8) is 0 Å². The van der Waals surface area contributed by atoms with Gasteiger partial charge in [-0.2, -0.15) is 0 Å². The van der Waals surface area contributed by atoms with Crippen LogP contribution in [0.15, 0.2) is 24.3 Å². The van der Waals surface area contributed by atoms with Crippen molar-refractivity contribution in [3.8, 4) is 0 Å². The van der Waals surface area contributed by atoms with Gasteiger partial charge in [-0.25, -0.2) is 9.18 Å². The van der Waals surface area contributed by atoms with Crippen LogP contribution >= 0.6 is 0 Å². The molecule has 2 aliphatic rings. The summed E-state index contributed by atoms with van der Waals surface area (Å²) in [4.78, 5) is 25.7. The molecule has 2 fully saturated rings. The smallest absolute Gasteiger partial charge is 0.322 e. The van der Waals surface area contributed by atoms with Gasteiger partial charge < -0.3 is 5.32 Å². The SMILES string of the molecule is C[C@@]1([C@H]2CCCN(Cc3ccc(F)cc3)C2)NC(=O)NC1=O. The van der Waals surface area contributed by atoms with Crippen LogP contribution in [-0.2, 0) is 11.3 Å². The molecule has 0 spiro atoms. The Morgan fingerprint density at radius 3 is 2.68 bits per heavy atom. The van der Waals surface area contributed by atoms with Gasteiger partial charge in [0.15, 0.2) is 0 Å². The molecule has 2 atom stereocenters. The molecule has 3 amide bonds. The number of likely N-dealkylation sites (tertiary alicyclic amines) is 1. The van der Waals surface area contributed by atoms with Gasteiger partial charge in [0.05, 0.1) is 0 Å². The number of piperidine rings is 1. The van der Waals surface area contributed by atoms with E-state index in [4.69, 9.17) is 0 Å². The Hall–Kier alpha value is -1.95. The highest BCUT2D eigenvalue weighted by Crippen LogP contribution is 2.30. The number of hydrogen-bond acceptors (Lipinski definition) is 3. The van der Waals surface area contributed by atoms with Crippen LogP contribution in [0.5, 0.6) is 0 Å². The standard InChI is InChI=1S/C16H20FN3O2/c1-16(14(21)18-15(22)19-16)12-3-2-8-20(10-12)9-11-4-6-13(17)7-5-11/h4-7,12H,2-3,8-10H2,1H3,(H2,18,19,21,22)/t12-,16-/m0/s1. The number of urea groups is 1. The average Bonchev–Trinajstić information content (AvgIpc) is 2.76. The predicted molar refractivity (Wildman–Crippen MR) is 79.5 cm³/mol. The topological polar surface area (TPSA) is 61.4 Å². The van der Waals surface area contributed by atoms with E-state index < -0.39 is 11.6 Å². The summed E-state index contributed by atoms with van der Waals surface area (Å²) >= 11 is 0. The second-order valence-corrected chi connectivity index (χ2v) is 6.31. The van der Waals surface area contributed by atoms with Crippen molar-refractivity contribution in [3.05, 3.63) is 35.6 Å². The zero-order valence-electron chi connectivity index (χ0n) is 12.6. The lowest BCUT2D eigenvalue weighted by Crippen LogP contribution is -2.55. The molecule has 22 heavy (non-hydrogen) atoms. The molecular formula is C16H20FN3O2. The molecule has 6 heteroatoms. The van der Waals surface area contributed by atoms with Crippen LogP contribution in [0.1, 0.15) is 25.3 Å². The molecule has 1 aromatic carbocycles. The van der Waals surface area contributed by atoms with Crippen LogP contribution in [0.3, 0.4) is 0 Å². The fourth-order valence-corrected chi connectivity index (χ4v) is 3.36. The van der Waals surface area contributed by atoms with Crippen LogP contribution in [0.2, 0.25) is 0 Å². The van der Waals surface area contributed by atoms with Crippen LogP contribution in [0.4, 0.5) is 9.18 Å². The molecule has 1 aromatic rings. The average molecular weight is 305 g/mol. The van der Waals surface area contributed by atoms with Crippen molar-refractivity contribution in [2.45, 2.75) is 31.8 Å². The first-order valence-electron chi connectivity index (χ1n) is 7.58. The third-order valence-corrected chi connectivity index (χ3v) is 4.71. The summed E-state index contributed by atoms with van der Waals surface area (Å²) < 4.78 is 13.0. The molecule has 0 saturated carbocycles. The van der Waals surface area contributed by atoms with Crippen LogP contribution in [0.25, 0.3) is 0 Å². The Labute approximate surface area is 128 Å². The Kier molecular flexibility index (Phi) is 3.87. The number of imide groups is 1. The van der Waals surface area contributed by atoms with Crippen molar-refractivity contribution in [1.29, 1.82) is 0 Å². The summed E-state index contributed by atoms with van der Waals surface area (Å²) in [6.45, 7) is 4.20. The van der Waals surface area contributed by atoms with Crippen molar-refractivity contribution in [1.82, 2.24) is 15.5 Å². The van der Waals surface area contributed by atoms with Gasteiger partial charge >= 0.3 is 6.03 Å². The summed E-state index contributed by atoms with van der Waals surface area (Å²) in [5.74, 6) is -0.405. The maximum atomic E-state index is 13.0. The van der Waals surface area contributed by atoms with Crippen LogP contribution in [0, 0.1) is 11.7 Å². The summed E-state index contributed by atoms with van der Waals surface area (Å²) in [6.07, 6.45) is 1.88. The molecule has 0 aliphatic carbocycles. The second-order valence-electron chi connectivity index (χ2n) is 6.31. The fourth-order valence-electron chi connectivity index (χ4n) is 3.36. The van der Waals surface area contributed by atoms with Crippen molar-refractivity contribution >= 4 is 11.9 Å². The van der Waals surface area contributed by atoms with Gasteiger partial charge in [-0.3, -0.25) is 15.0 Å². The zero-order chi connectivity index (χ0) is 15.7. The van der Waals surface area contributed by atoms with Crippen molar-refractivity contribution in [2.24, 2.45) is 5.92 Å². The maximum absolute atomic E-state index is 13.0. The minimum absolute atomic E-state index is 0.0770. The van der Waals surface area contributed by atoms with E-state index in [-0.39, 0.29) is 17.6 Å². The lowest BCUT2D eigenvalue weighted by Gasteiger charge is -2.39. The van der Waals surface area contributed by atoms with E-state index in [1.54, 1.807) is 19.1 Å².